The van der Waals surface area contributed by atoms with Crippen LogP contribution in [-0.4, -0.2) is 78.1 Å². The van der Waals surface area contributed by atoms with Gasteiger partial charge in [-0.05, 0) is 61.9 Å². The lowest BCUT2D eigenvalue weighted by molar-refractivity contribution is 0.136. The van der Waals surface area contributed by atoms with E-state index in [0.717, 1.165) is 17.7 Å². The molecule has 0 saturated carbocycles. The average molecular weight is 609 g/mol. The molecule has 1 aliphatic rings. The molecule has 1 fully saturated rings. The number of aromatic hydroxyl groups is 1. The van der Waals surface area contributed by atoms with Crippen molar-refractivity contribution in [1.82, 2.24) is 24.4 Å². The molecule has 13 heteroatoms. The fraction of sp³-hybridized carbons (Fsp3) is 0.387. The van der Waals surface area contributed by atoms with Gasteiger partial charge in [-0.3, -0.25) is 4.98 Å². The molecule has 1 aromatic carbocycles. The van der Waals surface area contributed by atoms with Crippen LogP contribution in [0.25, 0.3) is 28.0 Å². The zero-order valence-electron chi connectivity index (χ0n) is 24.7. The van der Waals surface area contributed by atoms with E-state index < -0.39 is 46.5 Å². The standard InChI is InChI=1S/C31H34F2N6O5/c1-17(2)26-23(13-19(15-34-26)7-4-5-12-40)39-29-20(14-22(33)27(35-29)25-21(32)8-6-9-24(25)41)28(36-30(39)42)38-11-10-37(31(43)44)16-18(38)3/h6,8-9,13-15,17-18,40-41H,4-5,7,10-12,16H2,1-3H3,(H,43,44)/t18-/m0/s1. The monoisotopic (exact) mass is 608 g/mol. The minimum Gasteiger partial charge on any atom is -0.507 e. The number of amides is 1. The number of carboxylic acid groups (broad SMARTS) is 1. The van der Waals surface area contributed by atoms with Gasteiger partial charge in [0, 0.05) is 38.5 Å². The number of halogens is 2. The van der Waals surface area contributed by atoms with E-state index in [0.29, 0.717) is 30.6 Å². The molecule has 4 heterocycles. The van der Waals surface area contributed by atoms with Gasteiger partial charge in [-0.15, -0.1) is 0 Å². The fourth-order valence-corrected chi connectivity index (χ4v) is 5.62. The Bertz CT molecular complexity index is 1760. The third-order valence-electron chi connectivity index (χ3n) is 7.82. The Balaban J connectivity index is 1.81. The van der Waals surface area contributed by atoms with Crippen molar-refractivity contribution < 1.29 is 28.9 Å². The van der Waals surface area contributed by atoms with E-state index in [9.17, 15) is 29.3 Å². The van der Waals surface area contributed by atoms with Crippen molar-refractivity contribution in [3.05, 3.63) is 69.9 Å². The topological polar surface area (TPSA) is 145 Å². The van der Waals surface area contributed by atoms with Gasteiger partial charge in [-0.25, -0.2) is 27.9 Å². The summed E-state index contributed by atoms with van der Waals surface area (Å²) in [5.41, 5.74) is 0.0331. The summed E-state index contributed by atoms with van der Waals surface area (Å²) in [6, 6.07) is 6.08. The van der Waals surface area contributed by atoms with Gasteiger partial charge in [0.15, 0.2) is 11.5 Å². The summed E-state index contributed by atoms with van der Waals surface area (Å²) in [6.45, 7) is 6.10. The van der Waals surface area contributed by atoms with E-state index in [1.54, 1.807) is 24.1 Å². The van der Waals surface area contributed by atoms with Crippen LogP contribution >= 0.6 is 0 Å². The van der Waals surface area contributed by atoms with Crippen LogP contribution in [-0.2, 0) is 6.42 Å². The van der Waals surface area contributed by atoms with Crippen molar-refractivity contribution in [2.75, 3.05) is 31.1 Å². The molecule has 3 aromatic heterocycles. The number of phenols is 1. The number of aliphatic hydroxyl groups is 1. The lowest BCUT2D eigenvalue weighted by atomic mass is 10.0. The summed E-state index contributed by atoms with van der Waals surface area (Å²) in [6.07, 6.45) is 2.50. The fourth-order valence-electron chi connectivity index (χ4n) is 5.62. The second kappa shape index (κ2) is 12.5. The van der Waals surface area contributed by atoms with E-state index >= 15 is 4.39 Å². The molecule has 1 atom stereocenters. The van der Waals surface area contributed by atoms with E-state index in [1.807, 2.05) is 13.8 Å². The summed E-state index contributed by atoms with van der Waals surface area (Å²) < 4.78 is 32.1. The second-order valence-electron chi connectivity index (χ2n) is 11.2. The van der Waals surface area contributed by atoms with Crippen molar-refractivity contribution in [3.63, 3.8) is 0 Å². The molecule has 232 valence electrons. The van der Waals surface area contributed by atoms with Crippen molar-refractivity contribution in [2.24, 2.45) is 0 Å². The molecule has 5 rings (SSSR count). The Morgan fingerprint density at radius 3 is 2.55 bits per heavy atom. The van der Waals surface area contributed by atoms with Gasteiger partial charge >= 0.3 is 11.8 Å². The number of benzene rings is 1. The minimum absolute atomic E-state index is 0.0249. The van der Waals surface area contributed by atoms with Crippen LogP contribution in [0.1, 0.15) is 50.8 Å². The second-order valence-corrected chi connectivity index (χ2v) is 11.2. The Morgan fingerprint density at radius 1 is 1.11 bits per heavy atom. The maximum absolute atomic E-state index is 15.9. The number of pyridine rings is 2. The van der Waals surface area contributed by atoms with Crippen LogP contribution in [0.4, 0.5) is 19.4 Å². The minimum atomic E-state index is -1.07. The van der Waals surface area contributed by atoms with Crippen LogP contribution in [0.2, 0.25) is 0 Å². The lowest BCUT2D eigenvalue weighted by Crippen LogP contribution is -2.54. The normalized spacial score (nSPS) is 15.4. The van der Waals surface area contributed by atoms with Gasteiger partial charge in [-0.2, -0.15) is 4.98 Å². The number of aryl methyl sites for hydroxylation is 1. The number of hydrogen-bond acceptors (Lipinski definition) is 8. The Labute approximate surface area is 252 Å². The Hall–Kier alpha value is -4.65. The summed E-state index contributed by atoms with van der Waals surface area (Å²) in [7, 11) is 0. The molecular formula is C31H34F2N6O5. The third-order valence-corrected chi connectivity index (χ3v) is 7.82. The predicted octanol–water partition coefficient (Wildman–Crippen LogP) is 4.45. The summed E-state index contributed by atoms with van der Waals surface area (Å²) in [5.74, 6) is -2.38. The quantitative estimate of drug-likeness (QED) is 0.247. The number of hydrogen-bond donors (Lipinski definition) is 3. The smallest absolute Gasteiger partial charge is 0.407 e. The first-order valence-corrected chi connectivity index (χ1v) is 14.5. The van der Waals surface area contributed by atoms with Crippen molar-refractivity contribution in [1.29, 1.82) is 0 Å². The van der Waals surface area contributed by atoms with Crippen LogP contribution in [0.15, 0.2) is 41.3 Å². The molecule has 0 unspecified atom stereocenters. The Kier molecular flexibility index (Phi) is 8.77. The van der Waals surface area contributed by atoms with Crippen LogP contribution in [0.3, 0.4) is 0 Å². The van der Waals surface area contributed by atoms with Gasteiger partial charge < -0.3 is 25.1 Å². The summed E-state index contributed by atoms with van der Waals surface area (Å²) in [5, 5.41) is 29.4. The molecule has 0 spiro atoms. The highest BCUT2D eigenvalue weighted by Crippen LogP contribution is 2.36. The average Bonchev–Trinajstić information content (AvgIpc) is 2.97. The van der Waals surface area contributed by atoms with Crippen LogP contribution in [0, 0.1) is 11.6 Å². The molecule has 1 aliphatic heterocycles. The zero-order valence-corrected chi connectivity index (χ0v) is 24.7. The molecule has 4 aromatic rings. The molecule has 1 saturated heterocycles. The number of phenolic OH excluding ortho intramolecular Hbond substituents is 1. The van der Waals surface area contributed by atoms with E-state index in [4.69, 9.17) is 0 Å². The van der Waals surface area contributed by atoms with E-state index in [1.165, 1.54) is 21.6 Å². The largest absolute Gasteiger partial charge is 0.507 e. The molecular weight excluding hydrogens is 574 g/mol. The lowest BCUT2D eigenvalue weighted by Gasteiger charge is -2.39. The van der Waals surface area contributed by atoms with Crippen molar-refractivity contribution >= 4 is 22.9 Å². The first-order chi connectivity index (χ1) is 21.0. The maximum atomic E-state index is 15.9. The highest BCUT2D eigenvalue weighted by atomic mass is 19.1. The van der Waals surface area contributed by atoms with Crippen molar-refractivity contribution in [3.8, 4) is 22.7 Å². The number of rotatable bonds is 8. The SMILES string of the molecule is CC(C)c1ncc(CCCCO)cc1-n1c(=O)nc(N2CCN(C(=O)O)C[C@@H]2C)c2cc(F)c(-c3c(O)cccc3F)nc21. The first kappa shape index (κ1) is 30.8. The highest BCUT2D eigenvalue weighted by molar-refractivity contribution is 5.91. The molecule has 11 nitrogen and oxygen atoms in total. The zero-order chi connectivity index (χ0) is 31.7. The van der Waals surface area contributed by atoms with Gasteiger partial charge in [0.1, 0.15) is 23.1 Å². The number of fused-ring (bicyclic) bond motifs is 1. The number of carbonyl (C=O) groups is 1. The molecule has 0 bridgehead atoms. The molecule has 0 radical (unpaired) electrons. The third kappa shape index (κ3) is 5.79. The first-order valence-electron chi connectivity index (χ1n) is 14.5. The highest BCUT2D eigenvalue weighted by Gasteiger charge is 2.31. The predicted molar refractivity (Wildman–Crippen MR) is 160 cm³/mol. The van der Waals surface area contributed by atoms with E-state index in [2.05, 4.69) is 15.0 Å². The number of piperazine rings is 1. The van der Waals surface area contributed by atoms with Gasteiger partial charge in [0.25, 0.3) is 0 Å². The van der Waals surface area contributed by atoms with Crippen LogP contribution in [0.5, 0.6) is 5.75 Å². The maximum Gasteiger partial charge on any atom is 0.407 e. The van der Waals surface area contributed by atoms with E-state index in [-0.39, 0.29) is 49.0 Å². The van der Waals surface area contributed by atoms with Crippen molar-refractivity contribution in [2.45, 2.75) is 52.0 Å². The number of aromatic nitrogens is 4. The molecule has 44 heavy (non-hydrogen) atoms. The summed E-state index contributed by atoms with van der Waals surface area (Å²) >= 11 is 0. The molecule has 0 aliphatic carbocycles. The number of anilines is 1. The number of unbranched alkanes of at least 4 members (excludes halogenated alkanes) is 1. The summed E-state index contributed by atoms with van der Waals surface area (Å²) in [4.78, 5) is 42.1. The number of nitrogens with zero attached hydrogens (tertiary/aromatic N) is 6. The number of aliphatic hydroxyl groups excluding tert-OH is 1. The van der Waals surface area contributed by atoms with Gasteiger partial charge in [-0.1, -0.05) is 19.9 Å². The molecule has 3 N–H and O–H groups in total. The van der Waals surface area contributed by atoms with Crippen LogP contribution < -0.4 is 10.6 Å². The van der Waals surface area contributed by atoms with Gasteiger partial charge in [0.05, 0.1) is 22.3 Å². The Morgan fingerprint density at radius 2 is 1.89 bits per heavy atom. The van der Waals surface area contributed by atoms with Gasteiger partial charge in [0.2, 0.25) is 0 Å². The molecule has 1 amide bonds.